The molecule has 0 aromatic carbocycles. The number of hydrogen-bond acceptors (Lipinski definition) is 7. The summed E-state index contributed by atoms with van der Waals surface area (Å²) in [4.78, 5) is 31.2. The van der Waals surface area contributed by atoms with Crippen LogP contribution in [0.4, 0.5) is 10.3 Å². The minimum Gasteiger partial charge on any atom is -0.296 e. The molecule has 1 fully saturated rings. The summed E-state index contributed by atoms with van der Waals surface area (Å²) in [5, 5.41) is 13.0. The SMILES string of the molecule is CC(=O)N(CCC(C)C)c1nc(C)c(C(=O)Nc2nnc(C3CC3)s2)s1. The van der Waals surface area contributed by atoms with Crippen molar-refractivity contribution < 1.29 is 9.59 Å². The van der Waals surface area contributed by atoms with Gasteiger partial charge in [0.1, 0.15) is 9.88 Å². The number of carbonyl (C=O) groups excluding carboxylic acids is 2. The highest BCUT2D eigenvalue weighted by molar-refractivity contribution is 7.18. The molecule has 26 heavy (non-hydrogen) atoms. The number of hydrogen-bond donors (Lipinski definition) is 1. The van der Waals surface area contributed by atoms with Crippen molar-refractivity contribution in [1.29, 1.82) is 0 Å². The monoisotopic (exact) mass is 393 g/mol. The number of aryl methyl sites for hydroxylation is 1. The topological polar surface area (TPSA) is 88.1 Å². The van der Waals surface area contributed by atoms with Crippen LogP contribution in [0.1, 0.15) is 66.3 Å². The van der Waals surface area contributed by atoms with Crippen LogP contribution in [0.2, 0.25) is 0 Å². The van der Waals surface area contributed by atoms with Crippen LogP contribution in [0.5, 0.6) is 0 Å². The van der Waals surface area contributed by atoms with Gasteiger partial charge in [-0.2, -0.15) is 0 Å². The van der Waals surface area contributed by atoms with Gasteiger partial charge in [0.05, 0.1) is 5.69 Å². The Balaban J connectivity index is 1.72. The normalized spacial score (nSPS) is 13.9. The maximum absolute atomic E-state index is 12.6. The lowest BCUT2D eigenvalue weighted by atomic mass is 10.1. The van der Waals surface area contributed by atoms with E-state index >= 15 is 0 Å². The van der Waals surface area contributed by atoms with Crippen LogP contribution in [0.25, 0.3) is 0 Å². The van der Waals surface area contributed by atoms with Crippen LogP contribution < -0.4 is 10.2 Å². The molecule has 0 radical (unpaired) electrons. The molecule has 140 valence electrons. The molecule has 1 saturated carbocycles. The average molecular weight is 394 g/mol. The van der Waals surface area contributed by atoms with Crippen LogP contribution in [0, 0.1) is 12.8 Å². The Hall–Kier alpha value is -1.87. The van der Waals surface area contributed by atoms with Crippen molar-refractivity contribution in [3.63, 3.8) is 0 Å². The summed E-state index contributed by atoms with van der Waals surface area (Å²) >= 11 is 2.67. The minimum absolute atomic E-state index is 0.0652. The number of thiazole rings is 1. The number of carbonyl (C=O) groups is 2. The molecule has 9 heteroatoms. The first-order chi connectivity index (χ1) is 12.3. The molecule has 7 nitrogen and oxygen atoms in total. The molecule has 2 amide bonds. The number of rotatable bonds is 7. The number of aromatic nitrogens is 3. The quantitative estimate of drug-likeness (QED) is 0.772. The maximum Gasteiger partial charge on any atom is 0.269 e. The molecule has 0 spiro atoms. The van der Waals surface area contributed by atoms with E-state index in [0.29, 0.717) is 39.2 Å². The van der Waals surface area contributed by atoms with Gasteiger partial charge in [-0.05, 0) is 32.1 Å². The van der Waals surface area contributed by atoms with E-state index in [1.165, 1.54) is 29.6 Å². The van der Waals surface area contributed by atoms with Crippen LogP contribution in [0.3, 0.4) is 0 Å². The Labute approximate surface area is 160 Å². The van der Waals surface area contributed by atoms with Crippen molar-refractivity contribution in [2.45, 2.75) is 52.9 Å². The van der Waals surface area contributed by atoms with E-state index in [0.717, 1.165) is 24.3 Å². The molecule has 2 heterocycles. The van der Waals surface area contributed by atoms with Gasteiger partial charge in [0, 0.05) is 19.4 Å². The Bertz CT molecular complexity index is 810. The molecule has 0 unspecified atom stereocenters. The molecule has 3 rings (SSSR count). The second kappa shape index (κ2) is 7.79. The van der Waals surface area contributed by atoms with Crippen LogP contribution in [0.15, 0.2) is 0 Å². The molecule has 1 aliphatic rings. The molecule has 0 bridgehead atoms. The van der Waals surface area contributed by atoms with Gasteiger partial charge in [-0.3, -0.25) is 19.8 Å². The molecule has 1 N–H and O–H groups in total. The second-order valence-corrected chi connectivity index (χ2v) is 8.92. The Morgan fingerprint density at radius 3 is 2.62 bits per heavy atom. The molecule has 2 aromatic heterocycles. The maximum atomic E-state index is 12.6. The lowest BCUT2D eigenvalue weighted by molar-refractivity contribution is -0.116. The zero-order chi connectivity index (χ0) is 18.8. The third-order valence-electron chi connectivity index (χ3n) is 4.12. The van der Waals surface area contributed by atoms with E-state index in [1.807, 2.05) is 0 Å². The summed E-state index contributed by atoms with van der Waals surface area (Å²) in [5.74, 6) is 0.681. The van der Waals surface area contributed by atoms with Crippen molar-refractivity contribution in [3.05, 3.63) is 15.6 Å². The highest BCUT2D eigenvalue weighted by Gasteiger charge is 2.28. The summed E-state index contributed by atoms with van der Waals surface area (Å²) in [5.41, 5.74) is 0.616. The van der Waals surface area contributed by atoms with E-state index in [2.05, 4.69) is 34.3 Å². The molecule has 0 aliphatic heterocycles. The van der Waals surface area contributed by atoms with Gasteiger partial charge in [-0.25, -0.2) is 4.98 Å². The van der Waals surface area contributed by atoms with Gasteiger partial charge in [-0.15, -0.1) is 10.2 Å². The largest absolute Gasteiger partial charge is 0.296 e. The summed E-state index contributed by atoms with van der Waals surface area (Å²) < 4.78 is 0. The number of amides is 2. The zero-order valence-corrected chi connectivity index (χ0v) is 17.0. The smallest absolute Gasteiger partial charge is 0.269 e. The Morgan fingerprint density at radius 1 is 1.27 bits per heavy atom. The van der Waals surface area contributed by atoms with E-state index in [9.17, 15) is 9.59 Å². The van der Waals surface area contributed by atoms with E-state index in [-0.39, 0.29) is 11.8 Å². The number of nitrogens with one attached hydrogen (secondary N) is 1. The van der Waals surface area contributed by atoms with E-state index < -0.39 is 0 Å². The minimum atomic E-state index is -0.253. The first-order valence-corrected chi connectivity index (χ1v) is 10.4. The first kappa shape index (κ1) is 18.9. The third-order valence-corrected chi connectivity index (χ3v) is 6.30. The van der Waals surface area contributed by atoms with Gasteiger partial charge in [-0.1, -0.05) is 36.5 Å². The Morgan fingerprint density at radius 2 is 2.00 bits per heavy atom. The van der Waals surface area contributed by atoms with Crippen molar-refractivity contribution in [1.82, 2.24) is 15.2 Å². The molecular weight excluding hydrogens is 370 g/mol. The predicted octanol–water partition coefficient (Wildman–Crippen LogP) is 3.83. The van der Waals surface area contributed by atoms with Crippen molar-refractivity contribution in [2.75, 3.05) is 16.8 Å². The highest BCUT2D eigenvalue weighted by atomic mass is 32.1. The van der Waals surface area contributed by atoms with Crippen molar-refractivity contribution in [3.8, 4) is 0 Å². The fraction of sp³-hybridized carbons (Fsp3) is 0.588. The summed E-state index contributed by atoms with van der Waals surface area (Å²) in [7, 11) is 0. The lowest BCUT2D eigenvalue weighted by Gasteiger charge is -2.18. The van der Waals surface area contributed by atoms with Crippen LogP contribution in [-0.2, 0) is 4.79 Å². The van der Waals surface area contributed by atoms with Gasteiger partial charge in [0.25, 0.3) is 5.91 Å². The standard InChI is InChI=1S/C17H23N5O2S2/c1-9(2)7-8-22(11(4)23)17-18-10(3)13(25-17)14(24)19-16-21-20-15(26-16)12-5-6-12/h9,12H,5-8H2,1-4H3,(H,19,21,24). The second-order valence-electron chi connectivity index (χ2n) is 6.94. The number of nitrogens with zero attached hydrogens (tertiary/aromatic N) is 4. The summed E-state index contributed by atoms with van der Waals surface area (Å²) in [6.45, 7) is 8.13. The highest BCUT2D eigenvalue weighted by Crippen LogP contribution is 2.42. The first-order valence-electron chi connectivity index (χ1n) is 8.75. The van der Waals surface area contributed by atoms with Gasteiger partial charge < -0.3 is 0 Å². The average Bonchev–Trinajstić information content (AvgIpc) is 3.19. The fourth-order valence-electron chi connectivity index (χ4n) is 2.42. The van der Waals surface area contributed by atoms with Gasteiger partial charge in [0.2, 0.25) is 11.0 Å². The molecule has 0 saturated heterocycles. The van der Waals surface area contributed by atoms with E-state index in [1.54, 1.807) is 11.8 Å². The summed E-state index contributed by atoms with van der Waals surface area (Å²) in [6, 6.07) is 0. The Kier molecular flexibility index (Phi) is 5.67. The third kappa shape index (κ3) is 4.45. The molecule has 0 atom stereocenters. The summed E-state index contributed by atoms with van der Waals surface area (Å²) in [6.07, 6.45) is 3.18. The van der Waals surface area contributed by atoms with Crippen LogP contribution in [-0.4, -0.2) is 33.5 Å². The van der Waals surface area contributed by atoms with Gasteiger partial charge in [0.15, 0.2) is 5.13 Å². The zero-order valence-electron chi connectivity index (χ0n) is 15.4. The molecule has 2 aromatic rings. The van der Waals surface area contributed by atoms with Crippen molar-refractivity contribution in [2.24, 2.45) is 5.92 Å². The van der Waals surface area contributed by atoms with Gasteiger partial charge >= 0.3 is 0 Å². The number of anilines is 2. The van der Waals surface area contributed by atoms with Crippen molar-refractivity contribution >= 4 is 44.8 Å². The fourth-order valence-corrected chi connectivity index (χ4v) is 4.36. The predicted molar refractivity (Wildman–Crippen MR) is 104 cm³/mol. The lowest BCUT2D eigenvalue weighted by Crippen LogP contribution is -2.30. The van der Waals surface area contributed by atoms with E-state index in [4.69, 9.17) is 0 Å². The molecular formula is C17H23N5O2S2. The molecule has 1 aliphatic carbocycles. The van der Waals surface area contributed by atoms with Crippen LogP contribution >= 0.6 is 22.7 Å².